The number of hydrogen-bond acceptors (Lipinski definition) is 4. The van der Waals surface area contributed by atoms with Gasteiger partial charge in [-0.1, -0.05) is 0 Å². The molecule has 0 radical (unpaired) electrons. The van der Waals surface area contributed by atoms with E-state index in [1.807, 2.05) is 19.9 Å². The Balaban J connectivity index is 1.78. The minimum absolute atomic E-state index is 0.00933. The van der Waals surface area contributed by atoms with Gasteiger partial charge in [0.25, 0.3) is 0 Å². The molecule has 1 saturated carbocycles. The molecule has 3 aliphatic rings. The van der Waals surface area contributed by atoms with Crippen LogP contribution in [0.15, 0.2) is 6.07 Å². The van der Waals surface area contributed by atoms with Gasteiger partial charge in [0, 0.05) is 18.0 Å². The molecule has 2 atom stereocenters. The summed E-state index contributed by atoms with van der Waals surface area (Å²) in [5.74, 6) is 1.34. The second-order valence-corrected chi connectivity index (χ2v) is 6.46. The second kappa shape index (κ2) is 4.12. The van der Waals surface area contributed by atoms with Crippen molar-refractivity contribution in [1.82, 2.24) is 5.32 Å². The van der Waals surface area contributed by atoms with Gasteiger partial charge in [-0.3, -0.25) is 5.32 Å². The van der Waals surface area contributed by atoms with Gasteiger partial charge in [0.2, 0.25) is 0 Å². The molecule has 1 spiro atoms. The topological polar surface area (TPSA) is 54.0 Å². The van der Waals surface area contributed by atoms with Crippen LogP contribution >= 0.6 is 0 Å². The highest BCUT2D eigenvalue weighted by atomic mass is 16.6. The van der Waals surface area contributed by atoms with Crippen LogP contribution in [0.1, 0.15) is 48.4 Å². The Labute approximate surface area is 119 Å². The third-order valence-electron chi connectivity index (χ3n) is 4.98. The van der Waals surface area contributed by atoms with Crippen molar-refractivity contribution >= 4 is 0 Å². The van der Waals surface area contributed by atoms with E-state index in [4.69, 9.17) is 9.47 Å². The lowest BCUT2D eigenvalue weighted by Gasteiger charge is -2.48. The number of hydrogen-bond donors (Lipinski definition) is 2. The van der Waals surface area contributed by atoms with E-state index in [9.17, 15) is 5.11 Å². The Morgan fingerprint density at radius 2 is 2.10 bits per heavy atom. The first-order chi connectivity index (χ1) is 9.58. The third-order valence-corrected chi connectivity index (χ3v) is 4.98. The zero-order valence-corrected chi connectivity index (χ0v) is 12.0. The number of aryl methyl sites for hydroxylation is 1. The molecule has 2 fully saturated rings. The highest BCUT2D eigenvalue weighted by molar-refractivity contribution is 5.54. The first-order valence-electron chi connectivity index (χ1n) is 7.48. The number of fused-ring (bicyclic) bond motifs is 1. The quantitative estimate of drug-likeness (QED) is 0.815. The van der Waals surface area contributed by atoms with Crippen LogP contribution < -0.4 is 10.1 Å². The molecule has 2 N–H and O–H groups in total. The summed E-state index contributed by atoms with van der Waals surface area (Å²) in [5.41, 5.74) is 2.95. The van der Waals surface area contributed by atoms with Crippen LogP contribution in [-0.4, -0.2) is 23.5 Å². The molecule has 108 valence electrons. The zero-order chi connectivity index (χ0) is 13.9. The number of phenolic OH excluding ortho intramolecular Hbond substituents is 1. The van der Waals surface area contributed by atoms with Crippen molar-refractivity contribution in [2.24, 2.45) is 0 Å². The maximum absolute atomic E-state index is 10.2. The molecule has 4 rings (SSSR count). The fourth-order valence-corrected chi connectivity index (χ4v) is 3.61. The molecule has 2 unspecified atom stereocenters. The van der Waals surface area contributed by atoms with Crippen LogP contribution in [0.4, 0.5) is 0 Å². The summed E-state index contributed by atoms with van der Waals surface area (Å²) in [6.07, 6.45) is 4.66. The molecule has 1 saturated heterocycles. The summed E-state index contributed by atoms with van der Waals surface area (Å²) in [4.78, 5) is 0. The van der Waals surface area contributed by atoms with Crippen LogP contribution in [-0.2, 0) is 4.74 Å². The molecular weight excluding hydrogens is 254 g/mol. The molecule has 2 heterocycles. The van der Waals surface area contributed by atoms with E-state index in [-0.39, 0.29) is 17.9 Å². The number of benzene rings is 1. The number of aromatic hydroxyl groups is 1. The molecule has 2 aliphatic heterocycles. The Kier molecular flexibility index (Phi) is 2.57. The smallest absolute Gasteiger partial charge is 0.132 e. The van der Waals surface area contributed by atoms with Crippen molar-refractivity contribution < 1.29 is 14.6 Å². The molecule has 0 bridgehead atoms. The molecule has 0 aromatic heterocycles. The van der Waals surface area contributed by atoms with Gasteiger partial charge in [0.05, 0.1) is 6.61 Å². The number of ether oxygens (including phenoxy) is 2. The average molecular weight is 275 g/mol. The molecule has 4 heteroatoms. The van der Waals surface area contributed by atoms with E-state index >= 15 is 0 Å². The lowest BCUT2D eigenvalue weighted by molar-refractivity contribution is -0.0383. The van der Waals surface area contributed by atoms with Crippen LogP contribution in [0, 0.1) is 13.8 Å². The molecular formula is C16H21NO3. The van der Waals surface area contributed by atoms with Crippen LogP contribution in [0.25, 0.3) is 0 Å². The molecule has 1 aliphatic carbocycles. The van der Waals surface area contributed by atoms with Crippen LogP contribution in [0.3, 0.4) is 0 Å². The fourth-order valence-electron chi connectivity index (χ4n) is 3.61. The van der Waals surface area contributed by atoms with Crippen molar-refractivity contribution in [3.05, 3.63) is 22.8 Å². The average Bonchev–Trinajstić information content (AvgIpc) is 3.17. The maximum Gasteiger partial charge on any atom is 0.132 e. The zero-order valence-electron chi connectivity index (χ0n) is 12.0. The van der Waals surface area contributed by atoms with E-state index < -0.39 is 0 Å². The van der Waals surface area contributed by atoms with Crippen molar-refractivity contribution in [2.45, 2.75) is 57.4 Å². The maximum atomic E-state index is 10.2. The summed E-state index contributed by atoms with van der Waals surface area (Å²) in [5, 5.41) is 13.8. The Bertz CT molecular complexity index is 561. The summed E-state index contributed by atoms with van der Waals surface area (Å²) >= 11 is 0. The fraction of sp³-hybridized carbons (Fsp3) is 0.625. The van der Waals surface area contributed by atoms with Crippen molar-refractivity contribution in [3.8, 4) is 11.5 Å². The van der Waals surface area contributed by atoms with E-state index in [2.05, 4.69) is 5.32 Å². The van der Waals surface area contributed by atoms with E-state index in [1.54, 1.807) is 0 Å². The lowest BCUT2D eigenvalue weighted by atomic mass is 9.72. The standard InChI is InChI=1S/C16H21NO3/c1-9-6-12-14(10(2)15(9)18)11(17-13-8-19-13)7-16(20-12)4-3-5-16/h6,11,13,17-18H,3-5,7-8H2,1-2H3. The van der Waals surface area contributed by atoms with E-state index in [1.165, 1.54) is 6.42 Å². The Morgan fingerprint density at radius 3 is 2.70 bits per heavy atom. The first kappa shape index (κ1) is 12.5. The van der Waals surface area contributed by atoms with Crippen molar-refractivity contribution in [1.29, 1.82) is 0 Å². The van der Waals surface area contributed by atoms with Gasteiger partial charge >= 0.3 is 0 Å². The summed E-state index contributed by atoms with van der Waals surface area (Å²) in [6.45, 7) is 4.70. The van der Waals surface area contributed by atoms with Gasteiger partial charge in [-0.05, 0) is 50.3 Å². The lowest BCUT2D eigenvalue weighted by Crippen LogP contribution is -2.49. The van der Waals surface area contributed by atoms with Crippen LogP contribution in [0.2, 0.25) is 0 Å². The number of nitrogens with one attached hydrogen (secondary N) is 1. The predicted molar refractivity (Wildman–Crippen MR) is 75.0 cm³/mol. The minimum Gasteiger partial charge on any atom is -0.507 e. The number of rotatable bonds is 2. The van der Waals surface area contributed by atoms with Crippen molar-refractivity contribution in [2.75, 3.05) is 6.61 Å². The van der Waals surface area contributed by atoms with Gasteiger partial charge in [0.1, 0.15) is 23.3 Å². The predicted octanol–water partition coefficient (Wildman–Crippen LogP) is 2.70. The third kappa shape index (κ3) is 1.82. The molecule has 0 amide bonds. The van der Waals surface area contributed by atoms with Gasteiger partial charge in [-0.15, -0.1) is 0 Å². The van der Waals surface area contributed by atoms with Gasteiger partial charge in [-0.2, -0.15) is 0 Å². The van der Waals surface area contributed by atoms with Gasteiger partial charge < -0.3 is 14.6 Å². The number of phenols is 1. The normalized spacial score (nSPS) is 29.5. The van der Waals surface area contributed by atoms with E-state index in [0.29, 0.717) is 5.75 Å². The minimum atomic E-state index is 0.00933. The van der Waals surface area contributed by atoms with Crippen LogP contribution in [0.5, 0.6) is 11.5 Å². The largest absolute Gasteiger partial charge is 0.507 e. The SMILES string of the molecule is Cc1cc2c(c(C)c1O)C(NC1CO1)CC1(CCC1)O2. The van der Waals surface area contributed by atoms with Gasteiger partial charge in [0.15, 0.2) is 0 Å². The Morgan fingerprint density at radius 1 is 1.35 bits per heavy atom. The molecule has 1 aromatic carbocycles. The van der Waals surface area contributed by atoms with Gasteiger partial charge in [-0.25, -0.2) is 0 Å². The first-order valence-corrected chi connectivity index (χ1v) is 7.48. The summed E-state index contributed by atoms with van der Waals surface area (Å²) < 4.78 is 11.6. The Hall–Kier alpha value is -1.26. The summed E-state index contributed by atoms with van der Waals surface area (Å²) in [6, 6.07) is 2.21. The second-order valence-electron chi connectivity index (χ2n) is 6.46. The highest BCUT2D eigenvalue weighted by Gasteiger charge is 2.47. The molecule has 20 heavy (non-hydrogen) atoms. The van der Waals surface area contributed by atoms with E-state index in [0.717, 1.165) is 48.3 Å². The van der Waals surface area contributed by atoms with Crippen molar-refractivity contribution in [3.63, 3.8) is 0 Å². The summed E-state index contributed by atoms with van der Waals surface area (Å²) in [7, 11) is 0. The highest BCUT2D eigenvalue weighted by Crippen LogP contribution is 2.51. The molecule has 4 nitrogen and oxygen atoms in total. The monoisotopic (exact) mass is 275 g/mol. The number of epoxide rings is 1. The molecule has 1 aromatic rings.